The van der Waals surface area contributed by atoms with Crippen molar-refractivity contribution < 1.29 is 4.79 Å². The molecule has 4 nitrogen and oxygen atoms in total. The number of nitrogens with two attached hydrogens (primary N) is 1. The van der Waals surface area contributed by atoms with E-state index in [1.165, 1.54) is 37.7 Å². The lowest BCUT2D eigenvalue weighted by molar-refractivity contribution is -0.142. The van der Waals surface area contributed by atoms with Crippen LogP contribution in [0, 0.1) is 5.92 Å². The van der Waals surface area contributed by atoms with Gasteiger partial charge in [-0.25, -0.2) is 0 Å². The van der Waals surface area contributed by atoms with Crippen LogP contribution in [0.2, 0.25) is 0 Å². The summed E-state index contributed by atoms with van der Waals surface area (Å²) in [6.07, 6.45) is 6.30. The van der Waals surface area contributed by atoms with E-state index in [1.54, 1.807) is 0 Å². The van der Waals surface area contributed by atoms with Gasteiger partial charge in [-0.2, -0.15) is 0 Å². The molecule has 1 atom stereocenters. The molecule has 1 amide bonds. The zero-order chi connectivity index (χ0) is 17.0. The Labute approximate surface area is 170 Å². The number of hydrogen-bond donors (Lipinski definition) is 1. The van der Waals surface area contributed by atoms with Gasteiger partial charge in [0.05, 0.1) is 0 Å². The number of nitrogens with zero attached hydrogens (tertiary/aromatic N) is 2. The van der Waals surface area contributed by atoms with Gasteiger partial charge in [-0.1, -0.05) is 56.5 Å². The molecule has 2 N–H and O–H groups in total. The summed E-state index contributed by atoms with van der Waals surface area (Å²) in [7, 11) is 0. The van der Waals surface area contributed by atoms with E-state index in [0.29, 0.717) is 6.54 Å². The monoisotopic (exact) mass is 401 g/mol. The largest absolute Gasteiger partial charge is 0.339 e. The Balaban J connectivity index is 0.00000169. The number of piperazine rings is 1. The Morgan fingerprint density at radius 1 is 1.12 bits per heavy atom. The van der Waals surface area contributed by atoms with Crippen LogP contribution in [0.1, 0.15) is 44.6 Å². The molecule has 0 bridgehead atoms. The summed E-state index contributed by atoms with van der Waals surface area (Å²) in [6, 6.07) is 10.7. The maximum Gasteiger partial charge on any atom is 0.226 e. The van der Waals surface area contributed by atoms with Crippen LogP contribution in [-0.4, -0.2) is 47.4 Å². The van der Waals surface area contributed by atoms with Crippen LogP contribution >= 0.6 is 24.8 Å². The Morgan fingerprint density at radius 3 is 2.38 bits per heavy atom. The van der Waals surface area contributed by atoms with Crippen molar-refractivity contribution in [3.8, 4) is 0 Å². The van der Waals surface area contributed by atoms with E-state index in [4.69, 9.17) is 5.73 Å². The molecule has 1 aliphatic carbocycles. The highest BCUT2D eigenvalue weighted by atomic mass is 35.5. The van der Waals surface area contributed by atoms with E-state index >= 15 is 0 Å². The van der Waals surface area contributed by atoms with E-state index < -0.39 is 0 Å². The molecule has 3 rings (SSSR count). The van der Waals surface area contributed by atoms with Gasteiger partial charge in [-0.05, 0) is 18.4 Å². The molecular weight excluding hydrogens is 369 g/mol. The predicted molar refractivity (Wildman–Crippen MR) is 112 cm³/mol. The van der Waals surface area contributed by atoms with Crippen molar-refractivity contribution in [2.75, 3.05) is 26.2 Å². The lowest BCUT2D eigenvalue weighted by atomic mass is 9.78. The first-order chi connectivity index (χ1) is 11.6. The van der Waals surface area contributed by atoms with E-state index in [1.807, 2.05) is 6.92 Å². The fourth-order valence-corrected chi connectivity index (χ4v) is 4.35. The zero-order valence-electron chi connectivity index (χ0n) is 15.7. The first kappa shape index (κ1) is 23.2. The highest BCUT2D eigenvalue weighted by Gasteiger charge is 2.43. The van der Waals surface area contributed by atoms with Gasteiger partial charge in [0.15, 0.2) is 0 Å². The predicted octanol–water partition coefficient (Wildman–Crippen LogP) is 3.47. The highest BCUT2D eigenvalue weighted by molar-refractivity contribution is 5.85. The minimum absolute atomic E-state index is 0. The summed E-state index contributed by atoms with van der Waals surface area (Å²) in [4.78, 5) is 17.4. The van der Waals surface area contributed by atoms with Crippen LogP contribution in [0.25, 0.3) is 0 Å². The minimum Gasteiger partial charge on any atom is -0.339 e. The molecule has 1 heterocycles. The van der Waals surface area contributed by atoms with Gasteiger partial charge in [0.25, 0.3) is 0 Å². The third-order valence-electron chi connectivity index (χ3n) is 5.88. The third kappa shape index (κ3) is 5.13. The summed E-state index contributed by atoms with van der Waals surface area (Å²) in [6.45, 7) is 6.07. The second kappa shape index (κ2) is 10.5. The van der Waals surface area contributed by atoms with Gasteiger partial charge in [0.1, 0.15) is 0 Å². The van der Waals surface area contributed by atoms with Crippen LogP contribution in [0.15, 0.2) is 30.3 Å². The van der Waals surface area contributed by atoms with E-state index in [0.717, 1.165) is 26.2 Å². The SMILES string of the molecule is CC(CN)C(=O)N1CCN(Cc2ccccc2)C2(CCCCC2)C1.Cl.Cl. The average Bonchev–Trinajstić information content (AvgIpc) is 2.64. The van der Waals surface area contributed by atoms with Crippen molar-refractivity contribution in [2.24, 2.45) is 11.7 Å². The number of hydrogen-bond acceptors (Lipinski definition) is 3. The summed E-state index contributed by atoms with van der Waals surface area (Å²) < 4.78 is 0. The van der Waals surface area contributed by atoms with Crippen LogP contribution in [-0.2, 0) is 11.3 Å². The fraction of sp³-hybridized carbons (Fsp3) is 0.650. The third-order valence-corrected chi connectivity index (χ3v) is 5.88. The summed E-state index contributed by atoms with van der Waals surface area (Å²) >= 11 is 0. The Bertz CT molecular complexity index is 549. The molecule has 148 valence electrons. The number of carbonyl (C=O) groups excluding carboxylic acids is 1. The van der Waals surface area contributed by atoms with Gasteiger partial charge < -0.3 is 10.6 Å². The zero-order valence-corrected chi connectivity index (χ0v) is 17.4. The highest BCUT2D eigenvalue weighted by Crippen LogP contribution is 2.37. The normalized spacial score (nSPS) is 20.8. The molecule has 6 heteroatoms. The van der Waals surface area contributed by atoms with Crippen molar-refractivity contribution in [1.29, 1.82) is 0 Å². The van der Waals surface area contributed by atoms with E-state index in [2.05, 4.69) is 40.1 Å². The van der Waals surface area contributed by atoms with Crippen molar-refractivity contribution in [3.63, 3.8) is 0 Å². The molecule has 1 aliphatic heterocycles. The van der Waals surface area contributed by atoms with E-state index in [-0.39, 0.29) is 42.2 Å². The maximum absolute atomic E-state index is 12.6. The number of benzene rings is 1. The standard InChI is InChI=1S/C20H31N3O.2ClH/c1-17(14-21)19(24)22-12-13-23(15-18-8-4-2-5-9-18)20(16-22)10-6-3-7-11-20;;/h2,4-5,8-9,17H,3,6-7,10-16,21H2,1H3;2*1H. The van der Waals surface area contributed by atoms with Gasteiger partial charge in [-0.15, -0.1) is 24.8 Å². The van der Waals surface area contributed by atoms with Crippen molar-refractivity contribution in [1.82, 2.24) is 9.80 Å². The van der Waals surface area contributed by atoms with Crippen LogP contribution in [0.4, 0.5) is 0 Å². The topological polar surface area (TPSA) is 49.6 Å². The Kier molecular flexibility index (Phi) is 9.39. The first-order valence-electron chi connectivity index (χ1n) is 9.42. The summed E-state index contributed by atoms with van der Waals surface area (Å²) in [5.74, 6) is 0.174. The van der Waals surface area contributed by atoms with Gasteiger partial charge in [0.2, 0.25) is 5.91 Å². The lowest BCUT2D eigenvalue weighted by Crippen LogP contribution is -2.64. The molecule has 2 fully saturated rings. The quantitative estimate of drug-likeness (QED) is 0.839. The average molecular weight is 402 g/mol. The van der Waals surface area contributed by atoms with Crippen LogP contribution < -0.4 is 5.73 Å². The molecular formula is C20H33Cl2N3O. The molecule has 1 aromatic carbocycles. The fourth-order valence-electron chi connectivity index (χ4n) is 4.35. The molecule has 1 unspecified atom stereocenters. The minimum atomic E-state index is -0.0636. The second-order valence-electron chi connectivity index (χ2n) is 7.59. The number of rotatable bonds is 4. The molecule has 0 aromatic heterocycles. The van der Waals surface area contributed by atoms with Gasteiger partial charge >= 0.3 is 0 Å². The van der Waals surface area contributed by atoms with Gasteiger partial charge in [0, 0.05) is 44.2 Å². The second-order valence-corrected chi connectivity index (χ2v) is 7.59. The van der Waals surface area contributed by atoms with Gasteiger partial charge in [-0.3, -0.25) is 9.69 Å². The Hall–Kier alpha value is -0.810. The maximum atomic E-state index is 12.6. The molecule has 1 aromatic rings. The molecule has 1 spiro atoms. The molecule has 0 radical (unpaired) electrons. The van der Waals surface area contributed by atoms with Crippen molar-refractivity contribution >= 4 is 30.7 Å². The first-order valence-corrected chi connectivity index (χ1v) is 9.42. The summed E-state index contributed by atoms with van der Waals surface area (Å²) in [5, 5.41) is 0. The van der Waals surface area contributed by atoms with Crippen LogP contribution in [0.5, 0.6) is 0 Å². The number of carbonyl (C=O) groups is 1. The van der Waals surface area contributed by atoms with Crippen molar-refractivity contribution in [2.45, 2.75) is 51.1 Å². The lowest BCUT2D eigenvalue weighted by Gasteiger charge is -2.53. The molecule has 26 heavy (non-hydrogen) atoms. The number of amides is 1. The molecule has 1 saturated heterocycles. The smallest absolute Gasteiger partial charge is 0.226 e. The van der Waals surface area contributed by atoms with Crippen molar-refractivity contribution in [3.05, 3.63) is 35.9 Å². The molecule has 2 aliphatic rings. The number of halogens is 2. The Morgan fingerprint density at radius 2 is 1.77 bits per heavy atom. The van der Waals surface area contributed by atoms with E-state index in [9.17, 15) is 4.79 Å². The summed E-state index contributed by atoms with van der Waals surface area (Å²) in [5.41, 5.74) is 7.26. The van der Waals surface area contributed by atoms with Crippen LogP contribution in [0.3, 0.4) is 0 Å². The molecule has 1 saturated carbocycles.